The van der Waals surface area contributed by atoms with Gasteiger partial charge in [-0.25, -0.2) is 14.8 Å². The van der Waals surface area contributed by atoms with Crippen LogP contribution < -0.4 is 14.8 Å². The van der Waals surface area contributed by atoms with Crippen LogP contribution in [-0.2, 0) is 25.0 Å². The Kier molecular flexibility index (Phi) is 8.71. The molecule has 45 heavy (non-hydrogen) atoms. The number of ether oxygens (including phenoxy) is 4. The van der Waals surface area contributed by atoms with Gasteiger partial charge in [-0.1, -0.05) is 27.7 Å². The van der Waals surface area contributed by atoms with Crippen LogP contribution in [0.5, 0.6) is 11.6 Å². The topological polar surface area (TPSA) is 129 Å². The highest BCUT2D eigenvalue weighted by Crippen LogP contribution is 2.49. The van der Waals surface area contributed by atoms with Crippen LogP contribution in [0.3, 0.4) is 0 Å². The minimum Gasteiger partial charge on any atom is -0.497 e. The first kappa shape index (κ1) is 32.8. The van der Waals surface area contributed by atoms with Crippen LogP contribution in [-0.4, -0.2) is 83.3 Å². The Morgan fingerprint density at radius 3 is 2.58 bits per heavy atom. The molecule has 2 aliphatic heterocycles. The molecular formula is C32H42F2N4O7. The van der Waals surface area contributed by atoms with Crippen LogP contribution >= 0.6 is 0 Å². The summed E-state index contributed by atoms with van der Waals surface area (Å²) in [6.07, 6.45) is -0.310. The first-order chi connectivity index (χ1) is 21.1. The fourth-order valence-corrected chi connectivity index (χ4v) is 6.48. The molecule has 11 nitrogen and oxygen atoms in total. The molecule has 246 valence electrons. The van der Waals surface area contributed by atoms with Crippen LogP contribution in [0.25, 0.3) is 11.0 Å². The van der Waals surface area contributed by atoms with Gasteiger partial charge in [-0.15, -0.1) is 0 Å². The standard InChI is InChI=1S/C32H42F2N4O7/c1-8-20-23-15-38(24(20)17(2)39)28(40)26(30(3,4)5)37-29(41)45-31(6)14-18(31)11-12-43-16-32(33,34)25-27(44-23)36-22-13-19(42-7)9-10-21(22)35-25/h9-10,13,18,20,23-24,26H,8,11-12,14-16H2,1-7H3,(H,37,41)/t18-,20-,23+,24-,26-,31-/m1/s1. The first-order valence-corrected chi connectivity index (χ1v) is 15.4. The van der Waals surface area contributed by atoms with Gasteiger partial charge < -0.3 is 29.2 Å². The zero-order chi connectivity index (χ0) is 32.9. The largest absolute Gasteiger partial charge is 0.497 e. The maximum atomic E-state index is 15.9. The van der Waals surface area contributed by atoms with E-state index in [9.17, 15) is 14.4 Å². The first-order valence-electron chi connectivity index (χ1n) is 15.4. The Bertz CT molecular complexity index is 1480. The van der Waals surface area contributed by atoms with Crippen molar-refractivity contribution in [2.24, 2.45) is 17.3 Å². The maximum Gasteiger partial charge on any atom is 0.408 e. The molecule has 1 aromatic heterocycles. The number of methoxy groups -OCH3 is 1. The fourth-order valence-electron chi connectivity index (χ4n) is 6.48. The second kappa shape index (κ2) is 12.0. The minimum absolute atomic E-state index is 0.00805. The number of rotatable bonds is 3. The van der Waals surface area contributed by atoms with E-state index in [1.165, 1.54) is 25.0 Å². The predicted molar refractivity (Wildman–Crippen MR) is 159 cm³/mol. The monoisotopic (exact) mass is 632 g/mol. The second-order valence-corrected chi connectivity index (χ2v) is 13.6. The lowest BCUT2D eigenvalue weighted by Gasteiger charge is -2.35. The zero-order valence-corrected chi connectivity index (χ0v) is 26.8. The SMILES string of the molecule is CC[C@@H]1[C@@H]2CN(C(=O)[C@H](C(C)(C)C)NC(=O)O[C@]3(C)C[C@H]3CCOCC(F)(F)c3nc4ccc(OC)cc4nc3O2)[C@@H]1C(C)=O. The van der Waals surface area contributed by atoms with E-state index in [-0.39, 0.29) is 35.9 Å². The van der Waals surface area contributed by atoms with Gasteiger partial charge in [-0.05, 0) is 50.7 Å². The molecule has 5 rings (SSSR count). The highest BCUT2D eigenvalue weighted by atomic mass is 19.3. The number of aromatic nitrogens is 2. The zero-order valence-electron chi connectivity index (χ0n) is 26.8. The van der Waals surface area contributed by atoms with Gasteiger partial charge in [0.2, 0.25) is 11.8 Å². The van der Waals surface area contributed by atoms with Crippen LogP contribution in [0.15, 0.2) is 18.2 Å². The number of alkyl halides is 2. The number of nitrogens with one attached hydrogen (secondary N) is 1. The van der Waals surface area contributed by atoms with Crippen molar-refractivity contribution in [3.8, 4) is 11.6 Å². The van der Waals surface area contributed by atoms with E-state index in [0.29, 0.717) is 25.0 Å². The van der Waals surface area contributed by atoms with Crippen molar-refractivity contribution >= 4 is 28.8 Å². The Labute approximate surface area is 261 Å². The third-order valence-electron chi connectivity index (χ3n) is 9.17. The molecule has 2 aromatic rings. The molecule has 1 saturated carbocycles. The van der Waals surface area contributed by atoms with E-state index in [4.69, 9.17) is 18.9 Å². The van der Waals surface area contributed by atoms with E-state index >= 15 is 8.78 Å². The van der Waals surface area contributed by atoms with Crippen molar-refractivity contribution in [1.82, 2.24) is 20.2 Å². The van der Waals surface area contributed by atoms with E-state index in [1.807, 2.05) is 6.92 Å². The molecule has 0 spiro atoms. The average molecular weight is 633 g/mol. The number of carbonyl (C=O) groups excluding carboxylic acids is 3. The molecule has 1 saturated heterocycles. The third-order valence-corrected chi connectivity index (χ3v) is 9.17. The summed E-state index contributed by atoms with van der Waals surface area (Å²) in [4.78, 5) is 50.5. The maximum absolute atomic E-state index is 15.9. The summed E-state index contributed by atoms with van der Waals surface area (Å²) >= 11 is 0. The highest BCUT2D eigenvalue weighted by molar-refractivity contribution is 5.92. The lowest BCUT2D eigenvalue weighted by Crippen LogP contribution is -2.57. The summed E-state index contributed by atoms with van der Waals surface area (Å²) in [6.45, 7) is 9.34. The van der Waals surface area contributed by atoms with Gasteiger partial charge in [-0.2, -0.15) is 8.78 Å². The Balaban J connectivity index is 1.60. The van der Waals surface area contributed by atoms with Gasteiger partial charge in [0.15, 0.2) is 11.5 Å². The molecule has 3 heterocycles. The number of nitrogens with zero attached hydrogens (tertiary/aromatic N) is 3. The van der Waals surface area contributed by atoms with E-state index in [0.717, 1.165) is 0 Å². The van der Waals surface area contributed by atoms with E-state index in [2.05, 4.69) is 15.3 Å². The van der Waals surface area contributed by atoms with Crippen molar-refractivity contribution in [1.29, 1.82) is 0 Å². The number of Topliss-reactive ketones (excluding diaryl/α,β-unsaturated/α-hetero) is 1. The van der Waals surface area contributed by atoms with Gasteiger partial charge in [-0.3, -0.25) is 9.59 Å². The van der Waals surface area contributed by atoms with Crippen LogP contribution in [0.1, 0.15) is 66.5 Å². The average Bonchev–Trinajstić information content (AvgIpc) is 3.44. The van der Waals surface area contributed by atoms with Crippen LogP contribution in [0.2, 0.25) is 0 Å². The molecule has 1 aromatic carbocycles. The number of ketones is 1. The van der Waals surface area contributed by atoms with Gasteiger partial charge >= 0.3 is 12.0 Å². The van der Waals surface area contributed by atoms with Gasteiger partial charge in [0, 0.05) is 24.5 Å². The molecule has 2 amide bonds. The van der Waals surface area contributed by atoms with Crippen molar-refractivity contribution in [2.75, 3.05) is 26.9 Å². The fraction of sp³-hybridized carbons (Fsp3) is 0.656. The van der Waals surface area contributed by atoms with Gasteiger partial charge in [0.25, 0.3) is 0 Å². The van der Waals surface area contributed by atoms with Crippen LogP contribution in [0.4, 0.5) is 13.6 Å². The highest BCUT2D eigenvalue weighted by Gasteiger charge is 2.55. The number of alkyl carbamates (subject to hydrolysis) is 1. The molecule has 1 N–H and O–H groups in total. The summed E-state index contributed by atoms with van der Waals surface area (Å²) in [7, 11) is 1.48. The number of benzene rings is 1. The summed E-state index contributed by atoms with van der Waals surface area (Å²) in [5, 5.41) is 2.76. The molecule has 2 fully saturated rings. The quantitative estimate of drug-likeness (QED) is 0.514. The number of amides is 2. The second-order valence-electron chi connectivity index (χ2n) is 13.6. The minimum atomic E-state index is -3.59. The number of halogens is 2. The van der Waals surface area contributed by atoms with Crippen molar-refractivity contribution in [2.45, 2.75) is 90.5 Å². The lowest BCUT2D eigenvalue weighted by atomic mass is 9.85. The van der Waals surface area contributed by atoms with E-state index < -0.39 is 71.2 Å². The number of hydrogen-bond acceptors (Lipinski definition) is 9. The third kappa shape index (κ3) is 6.54. The van der Waals surface area contributed by atoms with E-state index in [1.54, 1.807) is 39.8 Å². The molecule has 0 unspecified atom stereocenters. The number of carbonyl (C=O) groups is 3. The Morgan fingerprint density at radius 1 is 1.20 bits per heavy atom. The van der Waals surface area contributed by atoms with Gasteiger partial charge in [0.05, 0.1) is 30.7 Å². The molecule has 0 radical (unpaired) electrons. The van der Waals surface area contributed by atoms with Crippen LogP contribution in [0, 0.1) is 17.3 Å². The summed E-state index contributed by atoms with van der Waals surface area (Å²) in [5.74, 6) is -4.96. The van der Waals surface area contributed by atoms with Gasteiger partial charge in [0.1, 0.15) is 30.1 Å². The molecule has 1 aliphatic carbocycles. The number of fused-ring (bicyclic) bond motifs is 5. The number of hydrogen-bond donors (Lipinski definition) is 1. The lowest BCUT2D eigenvalue weighted by molar-refractivity contribution is -0.141. The smallest absolute Gasteiger partial charge is 0.408 e. The van der Waals surface area contributed by atoms with Crippen molar-refractivity contribution in [3.05, 3.63) is 23.9 Å². The summed E-state index contributed by atoms with van der Waals surface area (Å²) < 4.78 is 54.5. The molecule has 13 heteroatoms. The van der Waals surface area contributed by atoms with Crippen molar-refractivity contribution < 1.29 is 42.1 Å². The Hall–Kier alpha value is -3.61. The van der Waals surface area contributed by atoms with Crippen molar-refractivity contribution in [3.63, 3.8) is 0 Å². The predicted octanol–water partition coefficient (Wildman–Crippen LogP) is 4.64. The molecule has 3 aliphatic rings. The Morgan fingerprint density at radius 2 is 1.93 bits per heavy atom. The summed E-state index contributed by atoms with van der Waals surface area (Å²) in [6, 6.07) is 2.75. The normalized spacial score (nSPS) is 30.6. The summed E-state index contributed by atoms with van der Waals surface area (Å²) in [5.41, 5.74) is -1.77. The molecule has 6 atom stereocenters. The molecule has 2 bridgehead atoms. The molecular weight excluding hydrogens is 590 g/mol.